The van der Waals surface area contributed by atoms with Crippen molar-refractivity contribution in [2.24, 2.45) is 0 Å². The molecule has 1 rings (SSSR count). The lowest BCUT2D eigenvalue weighted by Gasteiger charge is -2.43. The van der Waals surface area contributed by atoms with E-state index in [2.05, 4.69) is 4.74 Å². The highest BCUT2D eigenvalue weighted by Crippen LogP contribution is 3.04. The van der Waals surface area contributed by atoms with E-state index in [1.54, 1.807) is 0 Å². The zero-order valence-electron chi connectivity index (χ0n) is 8.26. The summed E-state index contributed by atoms with van der Waals surface area (Å²) in [4.78, 5) is 10.5. The van der Waals surface area contributed by atoms with Crippen LogP contribution in [0.5, 0.6) is 5.75 Å². The normalized spacial score (nSPS) is 16.6. The van der Waals surface area contributed by atoms with Crippen molar-refractivity contribution < 1.29 is 37.7 Å². The number of para-hydroxylation sites is 1. The Balaban J connectivity index is 3.06. The lowest BCUT2D eigenvalue weighted by atomic mass is 10.3. The van der Waals surface area contributed by atoms with Gasteiger partial charge in [-0.1, -0.05) is 37.6 Å². The van der Waals surface area contributed by atoms with Gasteiger partial charge in [-0.2, -0.15) is 8.78 Å². The molecule has 0 heterocycles. The molecule has 0 radical (unpaired) electrons. The van der Waals surface area contributed by atoms with E-state index in [0.717, 1.165) is 24.3 Å². The molecule has 10 heteroatoms. The van der Waals surface area contributed by atoms with Gasteiger partial charge in [-0.25, -0.2) is 4.79 Å². The van der Waals surface area contributed by atoms with Crippen molar-refractivity contribution in [1.82, 2.24) is 0 Å². The minimum atomic E-state index is -11.3. The van der Waals surface area contributed by atoms with Crippen LogP contribution in [0.3, 0.4) is 0 Å². The number of hydrogen-bond acceptors (Lipinski definition) is 2. The average Bonchev–Trinajstić information content (AvgIpc) is 2.15. The molecule has 0 atom stereocenters. The number of benzene rings is 1. The van der Waals surface area contributed by atoms with Gasteiger partial charge >= 0.3 is 21.4 Å². The topological polar surface area (TPSA) is 26.3 Å². The molecule has 0 aliphatic carbocycles. The van der Waals surface area contributed by atoms with Crippen molar-refractivity contribution in [3.05, 3.63) is 30.3 Å². The fourth-order valence-corrected chi connectivity index (χ4v) is 1.17. The molecule has 2 nitrogen and oxygen atoms in total. The Morgan fingerprint density at radius 1 is 1.00 bits per heavy atom. The Labute approximate surface area is 96.1 Å². The molecule has 1 aromatic rings. The van der Waals surface area contributed by atoms with Gasteiger partial charge in [0.2, 0.25) is 0 Å². The Morgan fingerprint density at radius 3 is 1.83 bits per heavy atom. The number of hydrogen-bond donors (Lipinski definition) is 0. The van der Waals surface area contributed by atoms with Gasteiger partial charge in [-0.3, -0.25) is 0 Å². The van der Waals surface area contributed by atoms with Gasteiger partial charge in [-0.15, -0.1) is 0 Å². The SMILES string of the molecule is O=C(Oc1ccccc1)C(F)(F)S(F)(F)(F)(F)F. The number of carbonyl (C=O) groups excluding carboxylic acids is 1. The number of halogens is 7. The average molecular weight is 298 g/mol. The molecule has 0 aliphatic heterocycles. The summed E-state index contributed by atoms with van der Waals surface area (Å²) in [5, 5.41) is -6.85. The molecule has 1 aromatic carbocycles. The van der Waals surface area contributed by atoms with E-state index in [-0.39, 0.29) is 0 Å². The van der Waals surface area contributed by atoms with Crippen LogP contribution in [0, 0.1) is 0 Å². The Morgan fingerprint density at radius 2 is 1.44 bits per heavy atom. The zero-order chi connectivity index (χ0) is 14.3. The Kier molecular flexibility index (Phi) is 2.68. The van der Waals surface area contributed by atoms with Crippen LogP contribution >= 0.6 is 10.2 Å². The van der Waals surface area contributed by atoms with Crippen molar-refractivity contribution in [3.8, 4) is 5.75 Å². The first-order valence-electron chi connectivity index (χ1n) is 4.13. The first kappa shape index (κ1) is 14.6. The van der Waals surface area contributed by atoms with E-state index in [1.165, 1.54) is 6.07 Å². The van der Waals surface area contributed by atoms with Crippen LogP contribution < -0.4 is 4.74 Å². The van der Waals surface area contributed by atoms with Crippen molar-refractivity contribution in [1.29, 1.82) is 0 Å². The van der Waals surface area contributed by atoms with Crippen molar-refractivity contribution >= 4 is 16.2 Å². The third-order valence-electron chi connectivity index (χ3n) is 1.68. The fourth-order valence-electron chi connectivity index (χ4n) is 0.812. The minimum absolute atomic E-state index is 0.705. The summed E-state index contributed by atoms with van der Waals surface area (Å²) in [6.45, 7) is 0. The number of rotatable bonds is 3. The van der Waals surface area contributed by atoms with E-state index in [9.17, 15) is 33.0 Å². The molecule has 0 unspecified atom stereocenters. The highest BCUT2D eigenvalue weighted by Gasteiger charge is 2.87. The standard InChI is InChI=1S/C8H5F7O2S/c9-8(10,18(11,12,13,14)15)7(16)17-6-4-2-1-3-5-6/h1-5H. The van der Waals surface area contributed by atoms with Crippen LogP contribution in [0.25, 0.3) is 0 Å². The van der Waals surface area contributed by atoms with Crippen molar-refractivity contribution in [2.45, 2.75) is 5.25 Å². The molecule has 0 saturated carbocycles. The van der Waals surface area contributed by atoms with Crippen molar-refractivity contribution in [3.63, 3.8) is 0 Å². The first-order valence-corrected chi connectivity index (χ1v) is 6.08. The predicted octanol–water partition coefficient (Wildman–Crippen LogP) is 4.48. The second kappa shape index (κ2) is 3.31. The molecule has 0 amide bonds. The van der Waals surface area contributed by atoms with Crippen LogP contribution in [0.15, 0.2) is 30.3 Å². The maximum Gasteiger partial charge on any atom is 0.478 e. The highest BCUT2D eigenvalue weighted by atomic mass is 32.5. The molecular formula is C8H5F7O2S. The summed E-state index contributed by atoms with van der Waals surface area (Å²) < 4.78 is 88.0. The smallest absolute Gasteiger partial charge is 0.421 e. The molecule has 18 heavy (non-hydrogen) atoms. The molecule has 104 valence electrons. The van der Waals surface area contributed by atoms with Crippen LogP contribution in [0.1, 0.15) is 0 Å². The van der Waals surface area contributed by atoms with E-state index in [1.807, 2.05) is 0 Å². The molecule has 0 spiro atoms. The van der Waals surface area contributed by atoms with Crippen molar-refractivity contribution in [2.75, 3.05) is 0 Å². The van der Waals surface area contributed by atoms with Gasteiger partial charge in [0.1, 0.15) is 5.75 Å². The summed E-state index contributed by atoms with van der Waals surface area (Å²) in [7, 11) is -11.3. The monoisotopic (exact) mass is 298 g/mol. The third-order valence-corrected chi connectivity index (χ3v) is 2.81. The minimum Gasteiger partial charge on any atom is -0.421 e. The van der Waals surface area contributed by atoms with Crippen LogP contribution in [-0.4, -0.2) is 11.2 Å². The van der Waals surface area contributed by atoms with Crippen LogP contribution in [-0.2, 0) is 4.79 Å². The summed E-state index contributed by atoms with van der Waals surface area (Å²) in [5.74, 6) is -4.07. The van der Waals surface area contributed by atoms with Gasteiger partial charge < -0.3 is 4.74 Å². The van der Waals surface area contributed by atoms with Crippen LogP contribution in [0.2, 0.25) is 0 Å². The van der Waals surface area contributed by atoms with E-state index < -0.39 is 27.2 Å². The highest BCUT2D eigenvalue weighted by molar-refractivity contribution is 8.47. The van der Waals surface area contributed by atoms with Gasteiger partial charge in [0.25, 0.3) is 0 Å². The Hall–Kier alpha value is -1.45. The van der Waals surface area contributed by atoms with Crippen LogP contribution in [0.4, 0.5) is 28.2 Å². The summed E-state index contributed by atoms with van der Waals surface area (Å²) in [6.07, 6.45) is 0. The fraction of sp³-hybridized carbons (Fsp3) is 0.125. The predicted molar refractivity (Wildman–Crippen MR) is 50.2 cm³/mol. The maximum absolute atomic E-state index is 12.5. The molecule has 0 N–H and O–H groups in total. The maximum atomic E-state index is 12.5. The first-order chi connectivity index (χ1) is 7.74. The van der Waals surface area contributed by atoms with E-state index in [4.69, 9.17) is 0 Å². The van der Waals surface area contributed by atoms with Gasteiger partial charge in [0.15, 0.2) is 0 Å². The molecule has 0 bridgehead atoms. The van der Waals surface area contributed by atoms with Gasteiger partial charge in [0, 0.05) is 0 Å². The zero-order valence-corrected chi connectivity index (χ0v) is 9.07. The third kappa shape index (κ3) is 2.68. The van der Waals surface area contributed by atoms with E-state index >= 15 is 0 Å². The molecule has 0 aliphatic rings. The lowest BCUT2D eigenvalue weighted by molar-refractivity contribution is -0.153. The molecule has 0 fully saturated rings. The second-order valence-corrected chi connectivity index (χ2v) is 5.64. The summed E-state index contributed by atoms with van der Waals surface area (Å²) in [5.41, 5.74) is 0. The molecule has 0 saturated heterocycles. The van der Waals surface area contributed by atoms with Gasteiger partial charge in [0.05, 0.1) is 0 Å². The quantitative estimate of drug-likeness (QED) is 0.467. The number of esters is 1. The number of ether oxygens (including phenoxy) is 1. The molecule has 0 aromatic heterocycles. The number of alkyl halides is 2. The van der Waals surface area contributed by atoms with Gasteiger partial charge in [-0.05, 0) is 12.1 Å². The lowest BCUT2D eigenvalue weighted by Crippen LogP contribution is -2.43. The second-order valence-electron chi connectivity index (χ2n) is 3.19. The largest absolute Gasteiger partial charge is 0.478 e. The van der Waals surface area contributed by atoms with E-state index in [0.29, 0.717) is 0 Å². The summed E-state index contributed by atoms with van der Waals surface area (Å²) in [6, 6.07) is 5.37. The number of carbonyl (C=O) groups is 1. The molecular weight excluding hydrogens is 293 g/mol. The Bertz CT molecular complexity index is 467. The summed E-state index contributed by atoms with van der Waals surface area (Å²) >= 11 is 0.